The fourth-order valence-electron chi connectivity index (χ4n) is 1.45. The number of ether oxygens (including phenoxy) is 1. The average molecular weight is 336 g/mol. The number of aliphatic hydroxyl groups excluding tert-OH is 1. The summed E-state index contributed by atoms with van der Waals surface area (Å²) in [5, 5.41) is 13.4. The molecule has 0 heterocycles. The lowest BCUT2D eigenvalue weighted by atomic mass is 10.2. The molecule has 0 bridgehead atoms. The second-order valence-corrected chi connectivity index (χ2v) is 8.67. The van der Waals surface area contributed by atoms with Gasteiger partial charge >= 0.3 is 0 Å². The van der Waals surface area contributed by atoms with Crippen LogP contribution < -0.4 is 10.1 Å². The van der Waals surface area contributed by atoms with Gasteiger partial charge in [0.05, 0.1) is 4.75 Å². The van der Waals surface area contributed by atoms with E-state index in [0.29, 0.717) is 10.8 Å². The first-order chi connectivity index (χ1) is 9.62. The normalized spacial score (nSPS) is 14.0. The van der Waals surface area contributed by atoms with Crippen molar-refractivity contribution in [3.8, 4) is 5.75 Å². The highest BCUT2D eigenvalue weighted by molar-refractivity contribution is 7.92. The maximum absolute atomic E-state index is 11.5. The lowest BCUT2D eigenvalue weighted by Crippen LogP contribution is -2.44. The molecule has 0 aliphatic carbocycles. The van der Waals surface area contributed by atoms with Gasteiger partial charge < -0.3 is 15.2 Å². The summed E-state index contributed by atoms with van der Waals surface area (Å²) in [6.07, 6.45) is 0.477. The number of benzene rings is 1. The lowest BCUT2D eigenvalue weighted by molar-refractivity contribution is 0.106. The molecule has 0 spiro atoms. The first-order valence-corrected chi connectivity index (χ1v) is 8.85. The van der Waals surface area contributed by atoms with E-state index in [1.165, 1.54) is 6.26 Å². The van der Waals surface area contributed by atoms with Crippen LogP contribution in [-0.4, -0.2) is 50.3 Å². The topological polar surface area (TPSA) is 75.6 Å². The minimum absolute atomic E-state index is 0.119. The molecule has 1 aromatic carbocycles. The molecule has 0 saturated heterocycles. The number of aliphatic hydroxyl groups is 1. The number of nitrogens with one attached hydrogen (secondary N) is 1. The Morgan fingerprint density at radius 1 is 1.33 bits per heavy atom. The van der Waals surface area contributed by atoms with Crippen LogP contribution in [-0.2, 0) is 9.84 Å². The molecule has 1 atom stereocenters. The standard InChI is InChI=1S/C14H22ClNO4S/c1-14(2,21(3,18)19)10-16-8-12(17)9-20-13-6-4-11(15)5-7-13/h4-7,12,16-17H,8-10H2,1-3H3. The number of halogens is 1. The summed E-state index contributed by atoms with van der Waals surface area (Å²) >= 11 is 5.76. The van der Waals surface area contributed by atoms with Crippen molar-refractivity contribution < 1.29 is 18.3 Å². The highest BCUT2D eigenvalue weighted by atomic mass is 35.5. The third kappa shape index (κ3) is 6.22. The maximum atomic E-state index is 11.5. The SMILES string of the molecule is CC(C)(CNCC(O)COc1ccc(Cl)cc1)S(C)(=O)=O. The van der Waals surface area contributed by atoms with Gasteiger partial charge in [0.1, 0.15) is 18.5 Å². The Morgan fingerprint density at radius 3 is 2.43 bits per heavy atom. The van der Waals surface area contributed by atoms with Crippen molar-refractivity contribution in [3.63, 3.8) is 0 Å². The smallest absolute Gasteiger partial charge is 0.153 e. The molecular formula is C14H22ClNO4S. The van der Waals surface area contributed by atoms with Gasteiger partial charge in [0.15, 0.2) is 9.84 Å². The van der Waals surface area contributed by atoms with Crippen molar-refractivity contribution in [3.05, 3.63) is 29.3 Å². The zero-order chi connectivity index (χ0) is 16.1. The van der Waals surface area contributed by atoms with Gasteiger partial charge in [-0.25, -0.2) is 8.42 Å². The van der Waals surface area contributed by atoms with Crippen LogP contribution in [0.25, 0.3) is 0 Å². The summed E-state index contributed by atoms with van der Waals surface area (Å²) < 4.78 is 27.6. The molecule has 1 aromatic rings. The predicted octanol–water partition coefficient (Wildman–Crippen LogP) is 1.49. The first kappa shape index (κ1) is 18.2. The molecule has 0 fully saturated rings. The van der Waals surface area contributed by atoms with E-state index in [1.54, 1.807) is 38.1 Å². The quantitative estimate of drug-likeness (QED) is 0.753. The molecule has 0 aromatic heterocycles. The molecule has 5 nitrogen and oxygen atoms in total. The number of rotatable bonds is 8. The summed E-state index contributed by atoms with van der Waals surface area (Å²) in [6, 6.07) is 6.84. The third-order valence-corrected chi connectivity index (χ3v) is 5.59. The van der Waals surface area contributed by atoms with E-state index in [4.69, 9.17) is 16.3 Å². The monoisotopic (exact) mass is 335 g/mol. The van der Waals surface area contributed by atoms with E-state index in [1.807, 2.05) is 0 Å². The largest absolute Gasteiger partial charge is 0.491 e. The van der Waals surface area contributed by atoms with Gasteiger partial charge in [-0.05, 0) is 38.1 Å². The summed E-state index contributed by atoms with van der Waals surface area (Å²) in [4.78, 5) is 0. The van der Waals surface area contributed by atoms with Gasteiger partial charge in [-0.2, -0.15) is 0 Å². The molecule has 7 heteroatoms. The van der Waals surface area contributed by atoms with Gasteiger partial charge in [-0.3, -0.25) is 0 Å². The number of hydrogen-bond acceptors (Lipinski definition) is 5. The molecule has 0 aliphatic heterocycles. The minimum Gasteiger partial charge on any atom is -0.491 e. The Kier molecular flexibility index (Phi) is 6.46. The third-order valence-electron chi connectivity index (χ3n) is 3.19. The van der Waals surface area contributed by atoms with Gasteiger partial charge in [-0.15, -0.1) is 0 Å². The van der Waals surface area contributed by atoms with Crippen molar-refractivity contribution in [1.82, 2.24) is 5.32 Å². The second kappa shape index (κ2) is 7.45. The van der Waals surface area contributed by atoms with Crippen LogP contribution in [0.15, 0.2) is 24.3 Å². The molecule has 1 unspecified atom stereocenters. The van der Waals surface area contributed by atoms with Gasteiger partial charge in [0, 0.05) is 24.4 Å². The zero-order valence-electron chi connectivity index (χ0n) is 12.5. The second-order valence-electron chi connectivity index (χ2n) is 5.58. The molecule has 0 radical (unpaired) electrons. The Balaban J connectivity index is 2.32. The Morgan fingerprint density at radius 2 is 1.90 bits per heavy atom. The van der Waals surface area contributed by atoms with E-state index >= 15 is 0 Å². The van der Waals surface area contributed by atoms with Crippen molar-refractivity contribution in [1.29, 1.82) is 0 Å². The fourth-order valence-corrected chi connectivity index (χ4v) is 1.94. The summed E-state index contributed by atoms with van der Waals surface area (Å²) in [6.45, 7) is 3.93. The van der Waals surface area contributed by atoms with Crippen LogP contribution in [0, 0.1) is 0 Å². The Hall–Kier alpha value is -0.820. The van der Waals surface area contributed by atoms with Crippen LogP contribution in [0.1, 0.15) is 13.8 Å². The van der Waals surface area contributed by atoms with Crippen LogP contribution in [0.3, 0.4) is 0 Å². The summed E-state index contributed by atoms with van der Waals surface area (Å²) in [5.41, 5.74) is 0. The molecule has 0 saturated carbocycles. The van der Waals surface area contributed by atoms with E-state index in [-0.39, 0.29) is 19.7 Å². The van der Waals surface area contributed by atoms with Crippen molar-refractivity contribution in [2.24, 2.45) is 0 Å². The average Bonchev–Trinajstić information content (AvgIpc) is 2.36. The van der Waals surface area contributed by atoms with Crippen LogP contribution >= 0.6 is 11.6 Å². The molecule has 1 rings (SSSR count). The Labute approximate surface area is 131 Å². The predicted molar refractivity (Wildman–Crippen MR) is 84.7 cm³/mol. The van der Waals surface area contributed by atoms with E-state index in [9.17, 15) is 13.5 Å². The zero-order valence-corrected chi connectivity index (χ0v) is 14.0. The molecule has 21 heavy (non-hydrogen) atoms. The van der Waals surface area contributed by atoms with E-state index in [0.717, 1.165) is 0 Å². The molecular weight excluding hydrogens is 314 g/mol. The lowest BCUT2D eigenvalue weighted by Gasteiger charge is -2.23. The van der Waals surface area contributed by atoms with E-state index in [2.05, 4.69) is 5.32 Å². The van der Waals surface area contributed by atoms with Gasteiger partial charge in [-0.1, -0.05) is 11.6 Å². The van der Waals surface area contributed by atoms with Crippen LogP contribution in [0.5, 0.6) is 5.75 Å². The Bertz CT molecular complexity index is 543. The fraction of sp³-hybridized carbons (Fsp3) is 0.571. The van der Waals surface area contributed by atoms with E-state index < -0.39 is 20.7 Å². The number of hydrogen-bond donors (Lipinski definition) is 2. The van der Waals surface area contributed by atoms with Crippen molar-refractivity contribution >= 4 is 21.4 Å². The van der Waals surface area contributed by atoms with Gasteiger partial charge in [0.2, 0.25) is 0 Å². The maximum Gasteiger partial charge on any atom is 0.153 e. The van der Waals surface area contributed by atoms with Gasteiger partial charge in [0.25, 0.3) is 0 Å². The van der Waals surface area contributed by atoms with Crippen molar-refractivity contribution in [2.75, 3.05) is 26.0 Å². The minimum atomic E-state index is -3.15. The highest BCUT2D eigenvalue weighted by Gasteiger charge is 2.29. The first-order valence-electron chi connectivity index (χ1n) is 6.58. The summed E-state index contributed by atoms with van der Waals surface area (Å²) in [5.74, 6) is 0.620. The summed E-state index contributed by atoms with van der Waals surface area (Å²) in [7, 11) is -3.15. The van der Waals surface area contributed by atoms with Crippen LogP contribution in [0.4, 0.5) is 0 Å². The van der Waals surface area contributed by atoms with Crippen LogP contribution in [0.2, 0.25) is 5.02 Å². The molecule has 0 amide bonds. The molecule has 120 valence electrons. The van der Waals surface area contributed by atoms with Crippen molar-refractivity contribution in [2.45, 2.75) is 24.7 Å². The molecule has 2 N–H and O–H groups in total. The highest BCUT2D eigenvalue weighted by Crippen LogP contribution is 2.16. The molecule has 0 aliphatic rings. The number of sulfone groups is 1.